The molecule has 1 aromatic carbocycles. The fourth-order valence-electron chi connectivity index (χ4n) is 2.39. The largest absolute Gasteiger partial charge is 1.00 e. The second-order valence-corrected chi connectivity index (χ2v) is 6.58. The Morgan fingerprint density at radius 3 is 3.05 bits per heavy atom. The van der Waals surface area contributed by atoms with Crippen molar-refractivity contribution in [1.29, 1.82) is 0 Å². The third kappa shape index (κ3) is 2.50. The van der Waals surface area contributed by atoms with Gasteiger partial charge in [0.15, 0.2) is 0 Å². The molecule has 0 fully saturated rings. The molecule has 2 aromatic heterocycles. The number of thiazole rings is 1. The first-order valence-electron chi connectivity index (χ1n) is 6.36. The standard InChI is InChI=1S/C14H11N3OS2.ClH/c18-13(12-2-1-7-19-12)16-9-3-4-11-10(8-9)17-6-5-15-14(17)20-11;/h1-4,7-8H,5-6H2,(H,16,18);1H. The first kappa shape index (κ1) is 14.3. The van der Waals surface area contributed by atoms with Gasteiger partial charge in [0.05, 0.1) is 9.58 Å². The molecule has 0 saturated carbocycles. The zero-order chi connectivity index (χ0) is 13.5. The Kier molecular flexibility index (Phi) is 3.84. The molecule has 0 radical (unpaired) electrons. The Morgan fingerprint density at radius 2 is 2.24 bits per heavy atom. The number of amides is 1. The molecule has 3 heterocycles. The van der Waals surface area contributed by atoms with Crippen LogP contribution in [0.15, 0.2) is 35.7 Å². The van der Waals surface area contributed by atoms with Crippen LogP contribution in [0.2, 0.25) is 0 Å². The number of hydrogen-bond donors (Lipinski definition) is 2. The first-order valence-corrected chi connectivity index (χ1v) is 8.06. The summed E-state index contributed by atoms with van der Waals surface area (Å²) in [5.41, 5.74) is 2.02. The van der Waals surface area contributed by atoms with Crippen molar-refractivity contribution in [3.8, 4) is 0 Å². The number of thiophene rings is 1. The van der Waals surface area contributed by atoms with Gasteiger partial charge in [-0.1, -0.05) is 6.07 Å². The van der Waals surface area contributed by atoms with Gasteiger partial charge in [-0.3, -0.25) is 10.1 Å². The van der Waals surface area contributed by atoms with E-state index in [9.17, 15) is 4.79 Å². The highest BCUT2D eigenvalue weighted by Gasteiger charge is 2.23. The molecule has 1 aliphatic heterocycles. The van der Waals surface area contributed by atoms with E-state index in [1.54, 1.807) is 11.3 Å². The van der Waals surface area contributed by atoms with Crippen LogP contribution in [0.25, 0.3) is 10.2 Å². The van der Waals surface area contributed by atoms with E-state index in [2.05, 4.69) is 21.3 Å². The SMILES string of the molecule is O=C(Nc1ccc2sc3[n+](c2c1)CCN3)c1cccs1.[Cl-]. The minimum absolute atomic E-state index is 0. The van der Waals surface area contributed by atoms with Gasteiger partial charge in [-0.2, -0.15) is 0 Å². The number of fused-ring (bicyclic) bond motifs is 3. The number of hydrogen-bond acceptors (Lipinski definition) is 4. The maximum absolute atomic E-state index is 12.1. The van der Waals surface area contributed by atoms with E-state index < -0.39 is 0 Å². The van der Waals surface area contributed by atoms with Crippen LogP contribution in [0.5, 0.6) is 0 Å². The van der Waals surface area contributed by atoms with Crippen molar-refractivity contribution in [1.82, 2.24) is 0 Å². The molecule has 1 amide bonds. The van der Waals surface area contributed by atoms with Crippen LogP contribution in [0.1, 0.15) is 9.67 Å². The van der Waals surface area contributed by atoms with Gasteiger partial charge < -0.3 is 17.7 Å². The van der Waals surface area contributed by atoms with E-state index in [0.29, 0.717) is 0 Å². The van der Waals surface area contributed by atoms with E-state index in [1.807, 2.05) is 29.6 Å². The number of aromatic nitrogens is 1. The number of nitrogens with one attached hydrogen (secondary N) is 2. The normalized spacial score (nSPS) is 12.6. The Balaban J connectivity index is 0.00000132. The lowest BCUT2D eigenvalue weighted by molar-refractivity contribution is -0.640. The van der Waals surface area contributed by atoms with E-state index in [1.165, 1.54) is 26.7 Å². The molecule has 0 unspecified atom stereocenters. The zero-order valence-corrected chi connectivity index (χ0v) is 13.3. The Bertz CT molecular complexity index is 798. The Morgan fingerprint density at radius 1 is 1.33 bits per heavy atom. The molecule has 0 aliphatic carbocycles. The Labute approximate surface area is 135 Å². The van der Waals surface area contributed by atoms with Crippen LogP contribution in [-0.4, -0.2) is 12.5 Å². The molecule has 1 aliphatic rings. The lowest BCUT2D eigenvalue weighted by Crippen LogP contribution is -3.00. The predicted molar refractivity (Wildman–Crippen MR) is 82.8 cm³/mol. The monoisotopic (exact) mass is 337 g/mol. The predicted octanol–water partition coefficient (Wildman–Crippen LogP) is -0.0679. The van der Waals surface area contributed by atoms with E-state index in [4.69, 9.17) is 0 Å². The van der Waals surface area contributed by atoms with Gasteiger partial charge in [0.2, 0.25) is 0 Å². The molecule has 0 saturated heterocycles. The fourth-order valence-corrected chi connectivity index (χ4v) is 4.10. The summed E-state index contributed by atoms with van der Waals surface area (Å²) in [4.78, 5) is 12.8. The Hall–Kier alpha value is -1.63. The third-order valence-electron chi connectivity index (χ3n) is 3.32. The summed E-state index contributed by atoms with van der Waals surface area (Å²) in [6.45, 7) is 1.96. The summed E-state index contributed by atoms with van der Waals surface area (Å²) >= 11 is 3.20. The number of carbonyl (C=O) groups excluding carboxylic acids is 1. The van der Waals surface area contributed by atoms with Crippen LogP contribution in [-0.2, 0) is 6.54 Å². The van der Waals surface area contributed by atoms with Gasteiger partial charge in [-0.25, -0.2) is 4.57 Å². The molecule has 21 heavy (non-hydrogen) atoms. The number of halogens is 1. The summed E-state index contributed by atoms with van der Waals surface area (Å²) < 4.78 is 3.50. The molecule has 3 aromatic rings. The van der Waals surface area contributed by atoms with E-state index >= 15 is 0 Å². The topological polar surface area (TPSA) is 45.0 Å². The zero-order valence-electron chi connectivity index (χ0n) is 10.9. The summed E-state index contributed by atoms with van der Waals surface area (Å²) in [7, 11) is 0. The second kappa shape index (κ2) is 5.63. The van der Waals surface area contributed by atoms with Crippen LogP contribution in [0, 0.1) is 0 Å². The highest BCUT2D eigenvalue weighted by atomic mass is 35.5. The number of nitrogens with zero attached hydrogens (tertiary/aromatic N) is 1. The highest BCUT2D eigenvalue weighted by molar-refractivity contribution is 7.21. The van der Waals surface area contributed by atoms with Gasteiger partial charge in [0, 0.05) is 11.8 Å². The molecule has 0 atom stereocenters. The number of rotatable bonds is 2. The average Bonchev–Trinajstić information content (AvgIpc) is 3.15. The van der Waals surface area contributed by atoms with Crippen molar-refractivity contribution in [3.63, 3.8) is 0 Å². The summed E-state index contributed by atoms with van der Waals surface area (Å²) in [5, 5.41) is 9.43. The fraction of sp³-hybridized carbons (Fsp3) is 0.143. The van der Waals surface area contributed by atoms with Crippen molar-refractivity contribution in [2.75, 3.05) is 17.2 Å². The summed E-state index contributed by atoms with van der Waals surface area (Å²) in [6.07, 6.45) is 0. The molecular weight excluding hydrogens is 326 g/mol. The molecule has 4 nitrogen and oxygen atoms in total. The minimum Gasteiger partial charge on any atom is -1.00 e. The van der Waals surface area contributed by atoms with E-state index in [0.717, 1.165) is 23.7 Å². The first-order chi connectivity index (χ1) is 9.81. The summed E-state index contributed by atoms with van der Waals surface area (Å²) in [5.74, 6) is -0.0469. The van der Waals surface area contributed by atoms with Gasteiger partial charge in [0.25, 0.3) is 5.91 Å². The number of carbonyl (C=O) groups is 1. The third-order valence-corrected chi connectivity index (χ3v) is 5.31. The van der Waals surface area contributed by atoms with Crippen molar-refractivity contribution in [3.05, 3.63) is 40.6 Å². The molecule has 2 N–H and O–H groups in total. The lowest BCUT2D eigenvalue weighted by atomic mass is 10.3. The highest BCUT2D eigenvalue weighted by Crippen LogP contribution is 2.28. The molecule has 0 bridgehead atoms. The molecule has 7 heteroatoms. The van der Waals surface area contributed by atoms with Crippen LogP contribution in [0.4, 0.5) is 10.8 Å². The van der Waals surface area contributed by atoms with Gasteiger partial charge >= 0.3 is 5.13 Å². The molecular formula is C14H12ClN3OS2. The van der Waals surface area contributed by atoms with Crippen molar-refractivity contribution >= 4 is 49.6 Å². The molecule has 4 rings (SSSR count). The van der Waals surface area contributed by atoms with Crippen LogP contribution < -0.4 is 27.6 Å². The average molecular weight is 338 g/mol. The minimum atomic E-state index is -0.0469. The number of anilines is 2. The molecule has 0 spiro atoms. The molecule has 108 valence electrons. The smallest absolute Gasteiger partial charge is 0.335 e. The maximum Gasteiger partial charge on any atom is 0.335 e. The van der Waals surface area contributed by atoms with Gasteiger partial charge in [-0.05, 0) is 34.9 Å². The van der Waals surface area contributed by atoms with Crippen molar-refractivity contribution < 1.29 is 21.8 Å². The maximum atomic E-state index is 12.1. The van der Waals surface area contributed by atoms with E-state index in [-0.39, 0.29) is 18.3 Å². The quantitative estimate of drug-likeness (QED) is 0.643. The lowest BCUT2D eigenvalue weighted by Gasteiger charge is -2.03. The van der Waals surface area contributed by atoms with Crippen molar-refractivity contribution in [2.24, 2.45) is 0 Å². The van der Waals surface area contributed by atoms with Crippen LogP contribution in [0.3, 0.4) is 0 Å². The number of benzene rings is 1. The van der Waals surface area contributed by atoms with Crippen LogP contribution >= 0.6 is 22.7 Å². The van der Waals surface area contributed by atoms with Gasteiger partial charge in [0.1, 0.15) is 18.6 Å². The second-order valence-electron chi connectivity index (χ2n) is 4.60. The summed E-state index contributed by atoms with van der Waals surface area (Å²) in [6, 6.07) is 9.79. The van der Waals surface area contributed by atoms with Gasteiger partial charge in [-0.15, -0.1) is 11.3 Å². The van der Waals surface area contributed by atoms with Crippen molar-refractivity contribution in [2.45, 2.75) is 6.54 Å².